The summed E-state index contributed by atoms with van der Waals surface area (Å²) in [4.78, 5) is 21.5. The molecule has 1 unspecified atom stereocenters. The first-order valence-corrected chi connectivity index (χ1v) is 11.9. The molecule has 0 saturated carbocycles. The van der Waals surface area contributed by atoms with E-state index in [0.29, 0.717) is 47.1 Å². The van der Waals surface area contributed by atoms with Crippen LogP contribution in [0, 0.1) is 5.82 Å². The van der Waals surface area contributed by atoms with Crippen LogP contribution in [0.4, 0.5) is 21.6 Å². The summed E-state index contributed by atoms with van der Waals surface area (Å²) in [7, 11) is 0. The molecule has 8 nitrogen and oxygen atoms in total. The van der Waals surface area contributed by atoms with Gasteiger partial charge in [-0.05, 0) is 43.7 Å². The predicted molar refractivity (Wildman–Crippen MR) is 133 cm³/mol. The highest BCUT2D eigenvalue weighted by Crippen LogP contribution is 2.35. The van der Waals surface area contributed by atoms with E-state index in [0.717, 1.165) is 25.8 Å². The van der Waals surface area contributed by atoms with Gasteiger partial charge in [-0.15, -0.1) is 0 Å². The van der Waals surface area contributed by atoms with Crippen molar-refractivity contribution < 1.29 is 18.7 Å². The predicted octanol–water partition coefficient (Wildman–Crippen LogP) is 4.58. The Morgan fingerprint density at radius 1 is 1.26 bits per heavy atom. The van der Waals surface area contributed by atoms with Crippen molar-refractivity contribution >= 4 is 45.6 Å². The fourth-order valence-corrected chi connectivity index (χ4v) is 4.31. The zero-order chi connectivity index (χ0) is 24.2. The lowest BCUT2D eigenvalue weighted by Crippen LogP contribution is -2.20. The highest BCUT2D eigenvalue weighted by Gasteiger charge is 2.21. The van der Waals surface area contributed by atoms with Gasteiger partial charge < -0.3 is 25.4 Å². The summed E-state index contributed by atoms with van der Waals surface area (Å²) in [6.07, 6.45) is 7.60. The number of nitrogens with one attached hydrogen (secondary N) is 3. The van der Waals surface area contributed by atoms with Crippen LogP contribution in [-0.4, -0.2) is 47.8 Å². The zero-order valence-corrected chi connectivity index (χ0v) is 19.6. The number of carbonyl (C=O) groups excluding carboxylic acids is 1. The molecule has 2 aliphatic rings. The second-order valence-electron chi connectivity index (χ2n) is 8.50. The highest BCUT2D eigenvalue weighted by molar-refractivity contribution is 6.31. The maximum atomic E-state index is 13.6. The van der Waals surface area contributed by atoms with Gasteiger partial charge in [0.1, 0.15) is 29.8 Å². The molecule has 1 aromatic heterocycles. The summed E-state index contributed by atoms with van der Waals surface area (Å²) in [6.45, 7) is 2.08. The van der Waals surface area contributed by atoms with Gasteiger partial charge in [0.2, 0.25) is 5.91 Å². The van der Waals surface area contributed by atoms with Crippen LogP contribution in [0.25, 0.3) is 10.9 Å². The van der Waals surface area contributed by atoms with Crippen LogP contribution < -0.4 is 20.7 Å². The van der Waals surface area contributed by atoms with E-state index in [4.69, 9.17) is 21.1 Å². The number of carbonyl (C=O) groups is 1. The molecule has 2 aliphatic heterocycles. The van der Waals surface area contributed by atoms with Crippen molar-refractivity contribution in [2.24, 2.45) is 0 Å². The van der Waals surface area contributed by atoms with Crippen molar-refractivity contribution in [2.45, 2.75) is 31.4 Å². The van der Waals surface area contributed by atoms with Crippen LogP contribution in [0.2, 0.25) is 5.02 Å². The lowest BCUT2D eigenvalue weighted by atomic mass is 10.1. The number of benzene rings is 2. The Balaban J connectivity index is 1.46. The van der Waals surface area contributed by atoms with Crippen molar-refractivity contribution in [2.75, 3.05) is 30.4 Å². The van der Waals surface area contributed by atoms with Crippen LogP contribution in [0.3, 0.4) is 0 Å². The Bertz CT molecular complexity index is 1260. The van der Waals surface area contributed by atoms with Gasteiger partial charge in [-0.3, -0.25) is 4.79 Å². The van der Waals surface area contributed by atoms with E-state index in [1.807, 2.05) is 6.08 Å². The first-order valence-electron chi connectivity index (χ1n) is 11.5. The first-order chi connectivity index (χ1) is 17.0. The van der Waals surface area contributed by atoms with Crippen LogP contribution >= 0.6 is 11.6 Å². The number of ether oxygens (including phenoxy) is 2. The molecule has 35 heavy (non-hydrogen) atoms. The molecule has 182 valence electrons. The summed E-state index contributed by atoms with van der Waals surface area (Å²) in [5, 5.41) is 10.1. The molecule has 3 N–H and O–H groups in total. The maximum absolute atomic E-state index is 13.6. The van der Waals surface area contributed by atoms with Gasteiger partial charge in [-0.2, -0.15) is 0 Å². The fourth-order valence-electron chi connectivity index (χ4n) is 4.13. The number of halogens is 2. The molecule has 1 amide bonds. The third-order valence-electron chi connectivity index (χ3n) is 5.94. The van der Waals surface area contributed by atoms with E-state index < -0.39 is 5.82 Å². The molecule has 2 saturated heterocycles. The number of fused-ring (bicyclic) bond motifs is 1. The molecule has 2 fully saturated rings. The van der Waals surface area contributed by atoms with Gasteiger partial charge in [0.25, 0.3) is 0 Å². The zero-order valence-electron chi connectivity index (χ0n) is 18.9. The Kier molecular flexibility index (Phi) is 7.08. The third kappa shape index (κ3) is 5.70. The maximum Gasteiger partial charge on any atom is 0.248 e. The largest absolute Gasteiger partial charge is 0.486 e. The van der Waals surface area contributed by atoms with Crippen molar-refractivity contribution in [3.05, 3.63) is 59.7 Å². The van der Waals surface area contributed by atoms with Gasteiger partial charge in [-0.25, -0.2) is 14.4 Å². The molecule has 3 aromatic rings. The monoisotopic (exact) mass is 497 g/mol. The van der Waals surface area contributed by atoms with Crippen molar-refractivity contribution in [1.82, 2.24) is 15.3 Å². The fraction of sp³-hybridized carbons (Fsp3) is 0.320. The van der Waals surface area contributed by atoms with Crippen molar-refractivity contribution in [1.29, 1.82) is 0 Å². The van der Waals surface area contributed by atoms with Crippen LogP contribution in [-0.2, 0) is 9.53 Å². The molecule has 10 heteroatoms. The molecule has 0 radical (unpaired) electrons. The molecule has 2 aromatic carbocycles. The van der Waals surface area contributed by atoms with E-state index in [-0.39, 0.29) is 23.1 Å². The minimum Gasteiger partial charge on any atom is -0.486 e. The lowest BCUT2D eigenvalue weighted by molar-refractivity contribution is -0.111. The van der Waals surface area contributed by atoms with E-state index in [1.165, 1.54) is 24.5 Å². The summed E-state index contributed by atoms with van der Waals surface area (Å²) in [5.41, 5.74) is 1.68. The Morgan fingerprint density at radius 3 is 2.94 bits per heavy atom. The standard InChI is InChI=1S/C25H25ClFN5O3/c26-19-10-16(3-5-20(19)27)31-25-18-11-22(32-24(33)6-4-15-2-1-8-28-15)23(12-21(18)29-14-30-25)35-17-7-9-34-13-17/h3-6,10-12,14-15,17,28H,1-2,7-9,13H2,(H,32,33)(H,29,30,31)/b6-4+/t15?,17-/m0/s1. The molecule has 0 spiro atoms. The number of hydrogen-bond donors (Lipinski definition) is 3. The minimum atomic E-state index is -0.506. The van der Waals surface area contributed by atoms with Gasteiger partial charge >= 0.3 is 0 Å². The summed E-state index contributed by atoms with van der Waals surface area (Å²) >= 11 is 5.93. The van der Waals surface area contributed by atoms with Crippen molar-refractivity contribution in [3.8, 4) is 5.75 Å². The van der Waals surface area contributed by atoms with Gasteiger partial charge in [0, 0.05) is 35.7 Å². The normalized spacial score (nSPS) is 19.9. The molecule has 0 bridgehead atoms. The summed E-state index contributed by atoms with van der Waals surface area (Å²) < 4.78 is 25.2. The summed E-state index contributed by atoms with van der Waals surface area (Å²) in [6, 6.07) is 8.07. The number of amides is 1. The Morgan fingerprint density at radius 2 is 2.17 bits per heavy atom. The molecule has 5 rings (SSSR count). The molecular weight excluding hydrogens is 473 g/mol. The highest BCUT2D eigenvalue weighted by atomic mass is 35.5. The molecule has 3 heterocycles. The smallest absolute Gasteiger partial charge is 0.248 e. The quantitative estimate of drug-likeness (QED) is 0.411. The number of anilines is 3. The lowest BCUT2D eigenvalue weighted by Gasteiger charge is -2.17. The average molecular weight is 498 g/mol. The molecule has 2 atom stereocenters. The number of rotatable bonds is 7. The number of aromatic nitrogens is 2. The minimum absolute atomic E-state index is 0.000627. The Labute approximate surface area is 206 Å². The van der Waals surface area contributed by atoms with Crippen LogP contribution in [0.5, 0.6) is 5.75 Å². The van der Waals surface area contributed by atoms with E-state index in [9.17, 15) is 9.18 Å². The van der Waals surface area contributed by atoms with Gasteiger partial charge in [-0.1, -0.05) is 17.7 Å². The number of nitrogens with zero attached hydrogens (tertiary/aromatic N) is 2. The van der Waals surface area contributed by atoms with E-state index >= 15 is 0 Å². The van der Waals surface area contributed by atoms with Gasteiger partial charge in [0.15, 0.2) is 0 Å². The van der Waals surface area contributed by atoms with E-state index in [1.54, 1.807) is 18.2 Å². The third-order valence-corrected chi connectivity index (χ3v) is 6.23. The second-order valence-corrected chi connectivity index (χ2v) is 8.90. The van der Waals surface area contributed by atoms with Crippen LogP contribution in [0.15, 0.2) is 48.8 Å². The van der Waals surface area contributed by atoms with E-state index in [2.05, 4.69) is 25.9 Å². The van der Waals surface area contributed by atoms with Crippen molar-refractivity contribution in [3.63, 3.8) is 0 Å². The second kappa shape index (κ2) is 10.6. The number of hydrogen-bond acceptors (Lipinski definition) is 7. The summed E-state index contributed by atoms with van der Waals surface area (Å²) in [5.74, 6) is 0.216. The average Bonchev–Trinajstić information content (AvgIpc) is 3.55. The van der Waals surface area contributed by atoms with Gasteiger partial charge in [0.05, 0.1) is 29.4 Å². The molecule has 0 aliphatic carbocycles. The molecular formula is C25H25ClFN5O3. The van der Waals surface area contributed by atoms with Crippen LogP contribution in [0.1, 0.15) is 19.3 Å². The first kappa shape index (κ1) is 23.5. The Hall–Kier alpha value is -3.27. The topological polar surface area (TPSA) is 97.4 Å². The SMILES string of the molecule is O=C(/C=C/C1CCCN1)Nc1cc2c(Nc3ccc(F)c(Cl)c3)ncnc2cc1O[C@H]1CCOC1.